The van der Waals surface area contributed by atoms with Gasteiger partial charge in [0.2, 0.25) is 0 Å². The van der Waals surface area contributed by atoms with Crippen molar-refractivity contribution in [2.24, 2.45) is 4.99 Å². The largest absolute Gasteiger partial charge is 0.381 e. The van der Waals surface area contributed by atoms with Crippen LogP contribution in [0.3, 0.4) is 0 Å². The van der Waals surface area contributed by atoms with Crippen LogP contribution in [0.15, 0.2) is 4.99 Å². The molecule has 0 spiro atoms. The van der Waals surface area contributed by atoms with E-state index < -0.39 is 0 Å². The minimum absolute atomic E-state index is 0.0310. The van der Waals surface area contributed by atoms with E-state index in [0.29, 0.717) is 0 Å². The smallest absolute Gasteiger partial charge is 0.191 e. The number of guanidine groups is 1. The highest BCUT2D eigenvalue weighted by atomic mass is 32.2. The van der Waals surface area contributed by atoms with E-state index >= 15 is 0 Å². The van der Waals surface area contributed by atoms with E-state index in [4.69, 9.17) is 9.73 Å². The van der Waals surface area contributed by atoms with Crippen LogP contribution in [0, 0.1) is 0 Å². The van der Waals surface area contributed by atoms with Crippen molar-refractivity contribution < 1.29 is 4.74 Å². The lowest BCUT2D eigenvalue weighted by Gasteiger charge is -2.34. The van der Waals surface area contributed by atoms with Crippen LogP contribution in [0.1, 0.15) is 40.5 Å². The third-order valence-electron chi connectivity index (χ3n) is 3.20. The molecule has 19 heavy (non-hydrogen) atoms. The highest BCUT2D eigenvalue weighted by molar-refractivity contribution is 8.00. The first kappa shape index (κ1) is 16.6. The number of ether oxygens (including phenoxy) is 1. The summed E-state index contributed by atoms with van der Waals surface area (Å²) in [5.74, 6) is 0.912. The number of hydrogen-bond acceptors (Lipinski definition) is 3. The average molecular weight is 287 g/mol. The molecule has 0 aromatic heterocycles. The standard InChI is InChI=1S/C14H29N3OS/c1-6-15-12(17-13(2,3)4)16-11-14(19-5)7-9-18-10-8-14/h6-11H2,1-5H3,(H2,15,16,17). The Morgan fingerprint density at radius 1 is 1.32 bits per heavy atom. The van der Waals surface area contributed by atoms with Crippen LogP contribution in [0.25, 0.3) is 0 Å². The van der Waals surface area contributed by atoms with Crippen molar-refractivity contribution >= 4 is 17.7 Å². The van der Waals surface area contributed by atoms with Crippen LogP contribution in [0.5, 0.6) is 0 Å². The van der Waals surface area contributed by atoms with Gasteiger partial charge in [0.15, 0.2) is 5.96 Å². The van der Waals surface area contributed by atoms with E-state index in [-0.39, 0.29) is 10.3 Å². The fourth-order valence-corrected chi connectivity index (χ4v) is 2.82. The second-order valence-electron chi connectivity index (χ2n) is 6.07. The van der Waals surface area contributed by atoms with E-state index in [1.54, 1.807) is 0 Å². The quantitative estimate of drug-likeness (QED) is 0.615. The van der Waals surface area contributed by atoms with Gasteiger partial charge in [0.25, 0.3) is 0 Å². The molecule has 1 heterocycles. The Bertz CT molecular complexity index is 294. The highest BCUT2D eigenvalue weighted by Gasteiger charge is 2.31. The lowest BCUT2D eigenvalue weighted by atomic mass is 9.99. The summed E-state index contributed by atoms with van der Waals surface area (Å²) in [6.07, 6.45) is 4.37. The molecule has 1 aliphatic heterocycles. The predicted molar refractivity (Wildman–Crippen MR) is 85.2 cm³/mol. The molecule has 5 heteroatoms. The van der Waals surface area contributed by atoms with Crippen LogP contribution in [-0.4, -0.2) is 48.8 Å². The SMILES string of the molecule is CCNC(=NCC1(SC)CCOCC1)NC(C)(C)C. The van der Waals surface area contributed by atoms with E-state index in [0.717, 1.165) is 45.1 Å². The van der Waals surface area contributed by atoms with Gasteiger partial charge in [0.1, 0.15) is 0 Å². The fraction of sp³-hybridized carbons (Fsp3) is 0.929. The second kappa shape index (κ2) is 7.39. The van der Waals surface area contributed by atoms with Gasteiger partial charge in [-0.15, -0.1) is 0 Å². The van der Waals surface area contributed by atoms with Gasteiger partial charge in [0.05, 0.1) is 6.54 Å². The molecule has 1 fully saturated rings. The van der Waals surface area contributed by atoms with Gasteiger partial charge in [-0.2, -0.15) is 11.8 Å². The van der Waals surface area contributed by atoms with Crippen LogP contribution in [0.2, 0.25) is 0 Å². The number of rotatable bonds is 4. The van der Waals surface area contributed by atoms with Gasteiger partial charge in [-0.25, -0.2) is 0 Å². The number of thioether (sulfide) groups is 1. The van der Waals surface area contributed by atoms with Crippen molar-refractivity contribution in [3.63, 3.8) is 0 Å². The van der Waals surface area contributed by atoms with Gasteiger partial charge < -0.3 is 15.4 Å². The molecule has 0 radical (unpaired) electrons. The molecular weight excluding hydrogens is 258 g/mol. The Hall–Kier alpha value is -0.420. The second-order valence-corrected chi connectivity index (χ2v) is 7.34. The molecular formula is C14H29N3OS. The molecule has 0 bridgehead atoms. The van der Waals surface area contributed by atoms with E-state index in [9.17, 15) is 0 Å². The van der Waals surface area contributed by atoms with Gasteiger partial charge in [-0.3, -0.25) is 4.99 Å². The Balaban J connectivity index is 2.67. The molecule has 1 rings (SSSR count). The summed E-state index contributed by atoms with van der Waals surface area (Å²) in [5, 5.41) is 6.75. The maximum absolute atomic E-state index is 5.47. The fourth-order valence-electron chi connectivity index (χ4n) is 2.06. The molecule has 0 saturated carbocycles. The first-order valence-corrected chi connectivity index (χ1v) is 8.33. The van der Waals surface area contributed by atoms with E-state index in [1.807, 2.05) is 11.8 Å². The lowest BCUT2D eigenvalue weighted by molar-refractivity contribution is 0.0794. The average Bonchev–Trinajstić information content (AvgIpc) is 2.36. The van der Waals surface area contributed by atoms with Crippen molar-refractivity contribution in [2.75, 3.05) is 32.6 Å². The lowest BCUT2D eigenvalue weighted by Crippen LogP contribution is -2.48. The molecule has 1 saturated heterocycles. The summed E-state index contributed by atoms with van der Waals surface area (Å²) in [5.41, 5.74) is 0.0310. The molecule has 0 aromatic carbocycles. The van der Waals surface area contributed by atoms with Crippen molar-refractivity contribution in [3.05, 3.63) is 0 Å². The first-order valence-electron chi connectivity index (χ1n) is 7.10. The summed E-state index contributed by atoms with van der Waals surface area (Å²) in [6, 6.07) is 0. The van der Waals surface area contributed by atoms with Crippen LogP contribution in [-0.2, 0) is 4.74 Å². The molecule has 0 atom stereocenters. The maximum atomic E-state index is 5.47. The Labute approximate surface area is 122 Å². The van der Waals surface area contributed by atoms with E-state index in [1.165, 1.54) is 0 Å². The molecule has 0 aromatic rings. The van der Waals surface area contributed by atoms with Crippen molar-refractivity contribution in [3.8, 4) is 0 Å². The number of hydrogen-bond donors (Lipinski definition) is 2. The molecule has 4 nitrogen and oxygen atoms in total. The van der Waals surface area contributed by atoms with Gasteiger partial charge in [0, 0.05) is 30.0 Å². The molecule has 0 amide bonds. The zero-order valence-corrected chi connectivity index (χ0v) is 13.8. The number of nitrogens with one attached hydrogen (secondary N) is 2. The minimum atomic E-state index is 0.0310. The van der Waals surface area contributed by atoms with Gasteiger partial charge >= 0.3 is 0 Å². The minimum Gasteiger partial charge on any atom is -0.381 e. The molecule has 0 unspecified atom stereocenters. The normalized spacial score (nSPS) is 20.2. The van der Waals surface area contributed by atoms with Crippen LogP contribution < -0.4 is 10.6 Å². The van der Waals surface area contributed by atoms with Crippen LogP contribution in [0.4, 0.5) is 0 Å². The molecule has 1 aliphatic rings. The highest BCUT2D eigenvalue weighted by Crippen LogP contribution is 2.33. The summed E-state index contributed by atoms with van der Waals surface area (Å²) >= 11 is 1.93. The zero-order chi connectivity index (χ0) is 14.4. The van der Waals surface area contributed by atoms with Crippen molar-refractivity contribution in [1.29, 1.82) is 0 Å². The van der Waals surface area contributed by atoms with E-state index in [2.05, 4.69) is 44.6 Å². The zero-order valence-electron chi connectivity index (χ0n) is 13.0. The van der Waals surface area contributed by atoms with Gasteiger partial charge in [-0.05, 0) is 46.8 Å². The first-order chi connectivity index (χ1) is 8.91. The molecule has 112 valence electrons. The molecule has 0 aliphatic carbocycles. The topological polar surface area (TPSA) is 45.7 Å². The van der Waals surface area contributed by atoms with Crippen LogP contribution >= 0.6 is 11.8 Å². The Morgan fingerprint density at radius 2 is 1.95 bits per heavy atom. The third-order valence-corrected chi connectivity index (χ3v) is 4.60. The number of nitrogens with zero attached hydrogens (tertiary/aromatic N) is 1. The van der Waals surface area contributed by atoms with Gasteiger partial charge in [-0.1, -0.05) is 0 Å². The van der Waals surface area contributed by atoms with Crippen molar-refractivity contribution in [1.82, 2.24) is 10.6 Å². The monoisotopic (exact) mass is 287 g/mol. The summed E-state index contributed by atoms with van der Waals surface area (Å²) in [7, 11) is 0. The third kappa shape index (κ3) is 6.04. The maximum Gasteiger partial charge on any atom is 0.191 e. The summed E-state index contributed by atoms with van der Waals surface area (Å²) in [6.45, 7) is 12.0. The summed E-state index contributed by atoms with van der Waals surface area (Å²) in [4.78, 5) is 4.78. The predicted octanol–water partition coefficient (Wildman–Crippen LogP) is 2.25. The Kier molecular flexibility index (Phi) is 6.47. The Morgan fingerprint density at radius 3 is 2.42 bits per heavy atom. The molecule has 2 N–H and O–H groups in total. The summed E-state index contributed by atoms with van der Waals surface area (Å²) < 4.78 is 5.72. The number of aliphatic imine (C=N–C) groups is 1. The van der Waals surface area contributed by atoms with Crippen molar-refractivity contribution in [2.45, 2.75) is 50.8 Å².